The van der Waals surface area contributed by atoms with Gasteiger partial charge in [-0.25, -0.2) is 4.79 Å². The number of carboxylic acid groups (broad SMARTS) is 1. The Morgan fingerprint density at radius 2 is 2.08 bits per heavy atom. The van der Waals surface area contributed by atoms with Crippen molar-refractivity contribution in [2.24, 2.45) is 5.73 Å². The van der Waals surface area contributed by atoms with Gasteiger partial charge in [0.2, 0.25) is 5.91 Å². The van der Waals surface area contributed by atoms with E-state index in [9.17, 15) is 14.4 Å². The molecule has 13 heavy (non-hydrogen) atoms. The molecule has 0 bridgehead atoms. The molecule has 0 aromatic carbocycles. The van der Waals surface area contributed by atoms with E-state index in [-0.39, 0.29) is 5.75 Å². The fourth-order valence-electron chi connectivity index (χ4n) is 0.445. The Balaban J connectivity index is 3.70. The zero-order valence-electron chi connectivity index (χ0n) is 6.94. The molecule has 0 spiro atoms. The lowest BCUT2D eigenvalue weighted by atomic mass is 10.5. The lowest BCUT2D eigenvalue weighted by Gasteiger charge is -2.04. The lowest BCUT2D eigenvalue weighted by molar-refractivity contribution is -0.136. The van der Waals surface area contributed by atoms with Gasteiger partial charge in [0, 0.05) is 0 Å². The summed E-state index contributed by atoms with van der Waals surface area (Å²) in [4.78, 5) is 31.2. The third-order valence-corrected chi connectivity index (χ3v) is 2.21. The largest absolute Gasteiger partial charge is 0.480 e. The molecule has 0 saturated carbocycles. The minimum atomic E-state index is -1.00. The standard InChI is InChI=1S/C6H10N2O4S/c1-3(5(10)11)13-2-4(9)8-6(7)12/h3H,2H2,1H3,(H,10,11)(H3,7,8,9,12). The maximum absolute atomic E-state index is 10.8. The molecule has 0 radical (unpaired) electrons. The van der Waals surface area contributed by atoms with Crippen LogP contribution in [0.3, 0.4) is 0 Å². The number of carbonyl (C=O) groups excluding carboxylic acids is 2. The molecule has 4 N–H and O–H groups in total. The topological polar surface area (TPSA) is 109 Å². The maximum Gasteiger partial charge on any atom is 0.318 e. The van der Waals surface area contributed by atoms with Crippen LogP contribution in [-0.4, -0.2) is 34.0 Å². The van der Waals surface area contributed by atoms with Gasteiger partial charge < -0.3 is 10.8 Å². The molecule has 0 fully saturated rings. The molecular weight excluding hydrogens is 196 g/mol. The molecule has 0 aromatic rings. The van der Waals surface area contributed by atoms with E-state index in [1.54, 1.807) is 0 Å². The summed E-state index contributed by atoms with van der Waals surface area (Å²) in [6, 6.07) is -0.937. The summed E-state index contributed by atoms with van der Waals surface area (Å²) in [7, 11) is 0. The van der Waals surface area contributed by atoms with Crippen LogP contribution in [0, 0.1) is 0 Å². The summed E-state index contributed by atoms with van der Waals surface area (Å²) in [5.41, 5.74) is 4.66. The first-order valence-electron chi connectivity index (χ1n) is 3.37. The molecule has 0 heterocycles. The molecule has 6 nitrogen and oxygen atoms in total. The van der Waals surface area contributed by atoms with Crippen molar-refractivity contribution in [1.29, 1.82) is 0 Å². The van der Waals surface area contributed by atoms with Crippen molar-refractivity contribution in [1.82, 2.24) is 5.32 Å². The van der Waals surface area contributed by atoms with Crippen LogP contribution >= 0.6 is 11.8 Å². The normalized spacial score (nSPS) is 11.8. The van der Waals surface area contributed by atoms with Gasteiger partial charge >= 0.3 is 12.0 Å². The summed E-state index contributed by atoms with van der Waals surface area (Å²) in [5, 5.41) is 9.57. The number of hydrogen-bond acceptors (Lipinski definition) is 4. The second kappa shape index (κ2) is 5.41. The number of hydrogen-bond donors (Lipinski definition) is 3. The average molecular weight is 206 g/mol. The Bertz CT molecular complexity index is 231. The third kappa shape index (κ3) is 5.97. The number of amides is 3. The number of carboxylic acids is 1. The predicted molar refractivity (Wildman–Crippen MR) is 47.3 cm³/mol. The van der Waals surface area contributed by atoms with E-state index >= 15 is 0 Å². The molecule has 74 valence electrons. The number of nitrogens with one attached hydrogen (secondary N) is 1. The fourth-order valence-corrected chi connectivity index (χ4v) is 1.06. The molecule has 0 saturated heterocycles. The number of carbonyl (C=O) groups is 3. The first-order valence-corrected chi connectivity index (χ1v) is 4.42. The average Bonchev–Trinajstić information content (AvgIpc) is 1.98. The van der Waals surface area contributed by atoms with Gasteiger partial charge in [0.05, 0.1) is 11.0 Å². The Hall–Kier alpha value is -1.24. The van der Waals surface area contributed by atoms with Crippen LogP contribution in [0.1, 0.15) is 6.92 Å². The SMILES string of the molecule is CC(SCC(=O)NC(N)=O)C(=O)O. The highest BCUT2D eigenvalue weighted by Gasteiger charge is 2.13. The Labute approximate surface area is 78.9 Å². The number of imide groups is 1. The number of rotatable bonds is 4. The molecule has 3 amide bonds. The van der Waals surface area contributed by atoms with Crippen LogP contribution in [0.15, 0.2) is 0 Å². The quantitative estimate of drug-likeness (QED) is 0.568. The van der Waals surface area contributed by atoms with Gasteiger partial charge in [0.15, 0.2) is 0 Å². The van der Waals surface area contributed by atoms with Crippen LogP contribution < -0.4 is 11.1 Å². The van der Waals surface area contributed by atoms with Crippen molar-refractivity contribution in [3.63, 3.8) is 0 Å². The second-order valence-electron chi connectivity index (χ2n) is 2.20. The molecule has 0 aliphatic rings. The van der Waals surface area contributed by atoms with Crippen molar-refractivity contribution in [3.05, 3.63) is 0 Å². The number of nitrogens with two attached hydrogens (primary N) is 1. The summed E-state index contributed by atoms with van der Waals surface area (Å²) < 4.78 is 0. The smallest absolute Gasteiger partial charge is 0.318 e. The first kappa shape index (κ1) is 11.8. The zero-order chi connectivity index (χ0) is 10.4. The molecule has 7 heteroatoms. The first-order chi connectivity index (χ1) is 5.93. The van der Waals surface area contributed by atoms with Gasteiger partial charge in [-0.05, 0) is 6.92 Å². The van der Waals surface area contributed by atoms with E-state index in [2.05, 4.69) is 5.73 Å². The maximum atomic E-state index is 10.8. The van der Waals surface area contributed by atoms with Gasteiger partial charge in [0.1, 0.15) is 0 Å². The van der Waals surface area contributed by atoms with E-state index in [1.165, 1.54) is 6.92 Å². The molecule has 0 aliphatic carbocycles. The van der Waals surface area contributed by atoms with Crippen LogP contribution in [0.2, 0.25) is 0 Å². The monoisotopic (exact) mass is 206 g/mol. The van der Waals surface area contributed by atoms with E-state index in [0.717, 1.165) is 11.8 Å². The molecule has 0 rings (SSSR count). The van der Waals surface area contributed by atoms with Crippen molar-refractivity contribution in [2.45, 2.75) is 12.2 Å². The third-order valence-electron chi connectivity index (χ3n) is 1.07. The summed E-state index contributed by atoms with van der Waals surface area (Å²) in [5.74, 6) is -1.70. The minimum Gasteiger partial charge on any atom is -0.480 e. The fraction of sp³-hybridized carbons (Fsp3) is 0.500. The molecule has 0 aromatic heterocycles. The van der Waals surface area contributed by atoms with E-state index in [1.807, 2.05) is 5.32 Å². The molecule has 0 aliphatic heterocycles. The lowest BCUT2D eigenvalue weighted by Crippen LogP contribution is -2.36. The molecule has 1 unspecified atom stereocenters. The van der Waals surface area contributed by atoms with Gasteiger partial charge in [-0.2, -0.15) is 0 Å². The number of aliphatic carboxylic acids is 1. The Morgan fingerprint density at radius 1 is 1.54 bits per heavy atom. The summed E-state index contributed by atoms with van der Waals surface area (Å²) in [6.45, 7) is 1.45. The van der Waals surface area contributed by atoms with Gasteiger partial charge in [-0.1, -0.05) is 0 Å². The van der Waals surface area contributed by atoms with Gasteiger partial charge in [-0.15, -0.1) is 11.8 Å². The van der Waals surface area contributed by atoms with E-state index < -0.39 is 23.2 Å². The van der Waals surface area contributed by atoms with Crippen LogP contribution in [0.25, 0.3) is 0 Å². The van der Waals surface area contributed by atoms with Crippen molar-refractivity contribution < 1.29 is 19.5 Å². The van der Waals surface area contributed by atoms with Gasteiger partial charge in [-0.3, -0.25) is 14.9 Å². The molecule has 1 atom stereocenters. The summed E-state index contributed by atoms with van der Waals surface area (Å²) in [6.07, 6.45) is 0. The Kier molecular flexibility index (Phi) is 4.90. The number of urea groups is 1. The number of thioether (sulfide) groups is 1. The van der Waals surface area contributed by atoms with Gasteiger partial charge in [0.25, 0.3) is 0 Å². The highest BCUT2D eigenvalue weighted by Crippen LogP contribution is 2.09. The highest BCUT2D eigenvalue weighted by atomic mass is 32.2. The highest BCUT2D eigenvalue weighted by molar-refractivity contribution is 8.01. The van der Waals surface area contributed by atoms with Crippen LogP contribution in [0.5, 0.6) is 0 Å². The summed E-state index contributed by atoms with van der Waals surface area (Å²) >= 11 is 0.915. The van der Waals surface area contributed by atoms with E-state index in [4.69, 9.17) is 5.11 Å². The van der Waals surface area contributed by atoms with Crippen LogP contribution in [-0.2, 0) is 9.59 Å². The van der Waals surface area contributed by atoms with Crippen molar-refractivity contribution in [2.75, 3.05) is 5.75 Å². The van der Waals surface area contributed by atoms with E-state index in [0.29, 0.717) is 0 Å². The zero-order valence-corrected chi connectivity index (χ0v) is 7.76. The minimum absolute atomic E-state index is 0.101. The van der Waals surface area contributed by atoms with Crippen LogP contribution in [0.4, 0.5) is 4.79 Å². The second-order valence-corrected chi connectivity index (χ2v) is 3.53. The van der Waals surface area contributed by atoms with Crippen molar-refractivity contribution in [3.8, 4) is 0 Å². The van der Waals surface area contributed by atoms with Crippen molar-refractivity contribution >= 4 is 29.7 Å². The predicted octanol–water partition coefficient (Wildman–Crippen LogP) is -0.612. The molecular formula is C6H10N2O4S. The number of primary amides is 1. The Morgan fingerprint density at radius 3 is 2.46 bits per heavy atom.